The molecule has 1 atom stereocenters. The summed E-state index contributed by atoms with van der Waals surface area (Å²) in [6.45, 7) is 5.74. The van der Waals surface area contributed by atoms with Crippen LogP contribution in [0, 0.1) is 5.92 Å². The number of methoxy groups -OCH3 is 1. The van der Waals surface area contributed by atoms with Gasteiger partial charge in [0.2, 0.25) is 5.91 Å². The minimum Gasteiger partial charge on any atom is -0.467 e. The van der Waals surface area contributed by atoms with Crippen molar-refractivity contribution in [3.8, 4) is 0 Å². The van der Waals surface area contributed by atoms with Crippen LogP contribution < -0.4 is 5.32 Å². The molecule has 82 valence electrons. The fourth-order valence-electron chi connectivity index (χ4n) is 1.09. The number of rotatable bonds is 5. The van der Waals surface area contributed by atoms with Crippen LogP contribution in [0.2, 0.25) is 0 Å². The summed E-state index contributed by atoms with van der Waals surface area (Å²) in [5.74, 6) is -0.188. The Hall–Kier alpha value is -1.06. The lowest BCUT2D eigenvalue weighted by atomic mass is 10.1. The molecule has 0 fully saturated rings. The summed E-state index contributed by atoms with van der Waals surface area (Å²) in [4.78, 5) is 22.5. The maximum atomic E-state index is 11.3. The van der Waals surface area contributed by atoms with Crippen molar-refractivity contribution >= 4 is 11.9 Å². The van der Waals surface area contributed by atoms with Gasteiger partial charge in [-0.25, -0.2) is 4.79 Å². The second-order valence-corrected chi connectivity index (χ2v) is 3.65. The van der Waals surface area contributed by atoms with E-state index in [0.717, 1.165) is 0 Å². The van der Waals surface area contributed by atoms with Gasteiger partial charge >= 0.3 is 5.97 Å². The molecule has 0 bridgehead atoms. The lowest BCUT2D eigenvalue weighted by Gasteiger charge is -2.15. The van der Waals surface area contributed by atoms with E-state index in [1.807, 2.05) is 20.8 Å². The zero-order chi connectivity index (χ0) is 11.1. The maximum Gasteiger partial charge on any atom is 0.328 e. The predicted octanol–water partition coefficient (Wildman–Crippen LogP) is 1.10. The molecule has 0 spiro atoms. The molecule has 0 aromatic rings. The van der Waals surface area contributed by atoms with E-state index in [1.165, 1.54) is 7.11 Å². The van der Waals surface area contributed by atoms with Crippen molar-refractivity contribution in [2.45, 2.75) is 39.7 Å². The third kappa shape index (κ3) is 4.84. The van der Waals surface area contributed by atoms with Crippen LogP contribution in [0.15, 0.2) is 0 Å². The van der Waals surface area contributed by atoms with Gasteiger partial charge in [0.1, 0.15) is 6.04 Å². The van der Waals surface area contributed by atoms with Crippen LogP contribution in [-0.2, 0) is 14.3 Å². The molecule has 0 heterocycles. The number of esters is 1. The summed E-state index contributed by atoms with van der Waals surface area (Å²) in [5.41, 5.74) is 0. The molecule has 0 saturated heterocycles. The molecule has 14 heavy (non-hydrogen) atoms. The molecule has 0 aromatic carbocycles. The Morgan fingerprint density at radius 3 is 2.29 bits per heavy atom. The van der Waals surface area contributed by atoms with E-state index in [4.69, 9.17) is 0 Å². The number of amides is 1. The van der Waals surface area contributed by atoms with Crippen molar-refractivity contribution in [3.63, 3.8) is 0 Å². The van der Waals surface area contributed by atoms with Crippen molar-refractivity contribution in [3.05, 3.63) is 0 Å². The number of hydrogen-bond acceptors (Lipinski definition) is 3. The summed E-state index contributed by atoms with van der Waals surface area (Å²) < 4.78 is 4.56. The van der Waals surface area contributed by atoms with E-state index in [1.54, 1.807) is 0 Å². The highest BCUT2D eigenvalue weighted by molar-refractivity contribution is 5.84. The first-order valence-electron chi connectivity index (χ1n) is 4.88. The molecular formula is C10H19NO3. The Morgan fingerprint density at radius 2 is 1.93 bits per heavy atom. The van der Waals surface area contributed by atoms with E-state index < -0.39 is 6.04 Å². The highest BCUT2D eigenvalue weighted by Gasteiger charge is 2.19. The first-order valence-corrected chi connectivity index (χ1v) is 4.88. The van der Waals surface area contributed by atoms with Gasteiger partial charge in [0, 0.05) is 6.42 Å². The van der Waals surface area contributed by atoms with Gasteiger partial charge in [-0.15, -0.1) is 0 Å². The molecule has 1 N–H and O–H groups in total. The maximum absolute atomic E-state index is 11.3. The quantitative estimate of drug-likeness (QED) is 0.678. The normalized spacial score (nSPS) is 12.4. The van der Waals surface area contributed by atoms with Gasteiger partial charge < -0.3 is 10.1 Å². The molecule has 1 amide bonds. The molecule has 0 aliphatic rings. The Bertz CT molecular complexity index is 202. The van der Waals surface area contributed by atoms with Crippen LogP contribution in [0.3, 0.4) is 0 Å². The van der Waals surface area contributed by atoms with E-state index in [-0.39, 0.29) is 11.9 Å². The van der Waals surface area contributed by atoms with Crippen LogP contribution in [0.25, 0.3) is 0 Å². The Morgan fingerprint density at radius 1 is 1.36 bits per heavy atom. The Balaban J connectivity index is 4.05. The van der Waals surface area contributed by atoms with Crippen molar-refractivity contribution in [1.29, 1.82) is 0 Å². The van der Waals surface area contributed by atoms with E-state index >= 15 is 0 Å². The van der Waals surface area contributed by atoms with Gasteiger partial charge in [-0.2, -0.15) is 0 Å². The first-order chi connectivity index (χ1) is 6.51. The van der Waals surface area contributed by atoms with Gasteiger partial charge in [0.05, 0.1) is 7.11 Å². The largest absolute Gasteiger partial charge is 0.467 e. The zero-order valence-corrected chi connectivity index (χ0v) is 9.29. The summed E-state index contributed by atoms with van der Waals surface area (Å²) in [5, 5.41) is 2.64. The monoisotopic (exact) mass is 201 g/mol. The SMILES string of the molecule is CCC(NC(=O)CC(C)C)C(=O)OC. The van der Waals surface area contributed by atoms with Crippen LogP contribution >= 0.6 is 0 Å². The summed E-state index contributed by atoms with van der Waals surface area (Å²) in [6.07, 6.45) is 0.990. The highest BCUT2D eigenvalue weighted by Crippen LogP contribution is 2.01. The van der Waals surface area contributed by atoms with Crippen molar-refractivity contribution in [1.82, 2.24) is 5.32 Å². The lowest BCUT2D eigenvalue weighted by molar-refractivity contribution is -0.145. The van der Waals surface area contributed by atoms with E-state index in [9.17, 15) is 9.59 Å². The molecule has 0 rings (SSSR count). The molecule has 0 aliphatic carbocycles. The van der Waals surface area contributed by atoms with Crippen LogP contribution in [0.4, 0.5) is 0 Å². The van der Waals surface area contributed by atoms with Crippen molar-refractivity contribution < 1.29 is 14.3 Å². The third-order valence-corrected chi connectivity index (χ3v) is 1.82. The van der Waals surface area contributed by atoms with Crippen LogP contribution in [0.5, 0.6) is 0 Å². The Kier molecular flexibility index (Phi) is 5.92. The second-order valence-electron chi connectivity index (χ2n) is 3.65. The smallest absolute Gasteiger partial charge is 0.328 e. The van der Waals surface area contributed by atoms with Gasteiger partial charge in [0.15, 0.2) is 0 Å². The second kappa shape index (κ2) is 6.40. The Labute approximate surface area is 85.0 Å². The fraction of sp³-hybridized carbons (Fsp3) is 0.800. The lowest BCUT2D eigenvalue weighted by Crippen LogP contribution is -2.41. The predicted molar refractivity (Wildman–Crippen MR) is 53.7 cm³/mol. The molecule has 0 radical (unpaired) electrons. The summed E-state index contributed by atoms with van der Waals surface area (Å²) in [7, 11) is 1.32. The first kappa shape index (κ1) is 12.9. The average molecular weight is 201 g/mol. The average Bonchev–Trinajstić information content (AvgIpc) is 2.11. The summed E-state index contributed by atoms with van der Waals surface area (Å²) in [6, 6.07) is -0.508. The molecule has 0 aliphatic heterocycles. The van der Waals surface area contributed by atoms with Gasteiger partial charge in [-0.3, -0.25) is 4.79 Å². The fourth-order valence-corrected chi connectivity index (χ4v) is 1.09. The van der Waals surface area contributed by atoms with Crippen molar-refractivity contribution in [2.75, 3.05) is 7.11 Å². The highest BCUT2D eigenvalue weighted by atomic mass is 16.5. The van der Waals surface area contributed by atoms with Crippen molar-refractivity contribution in [2.24, 2.45) is 5.92 Å². The van der Waals surface area contributed by atoms with Gasteiger partial charge in [-0.05, 0) is 12.3 Å². The third-order valence-electron chi connectivity index (χ3n) is 1.82. The number of ether oxygens (including phenoxy) is 1. The van der Waals surface area contributed by atoms with Gasteiger partial charge in [0.25, 0.3) is 0 Å². The number of carbonyl (C=O) groups is 2. The number of hydrogen-bond donors (Lipinski definition) is 1. The standard InChI is InChI=1S/C10H19NO3/c1-5-8(10(13)14-4)11-9(12)6-7(2)3/h7-8H,5-6H2,1-4H3,(H,11,12). The zero-order valence-electron chi connectivity index (χ0n) is 9.29. The minimum atomic E-state index is -0.508. The molecule has 1 unspecified atom stereocenters. The molecule has 0 saturated carbocycles. The van der Waals surface area contributed by atoms with Gasteiger partial charge in [-0.1, -0.05) is 20.8 Å². The number of nitrogens with one attached hydrogen (secondary N) is 1. The number of carbonyl (C=O) groups excluding carboxylic acids is 2. The summed E-state index contributed by atoms with van der Waals surface area (Å²) >= 11 is 0. The molecule has 0 aromatic heterocycles. The van der Waals surface area contributed by atoms with E-state index in [0.29, 0.717) is 18.8 Å². The molecule has 4 nitrogen and oxygen atoms in total. The molecular weight excluding hydrogens is 182 g/mol. The molecule has 4 heteroatoms. The van der Waals surface area contributed by atoms with Crippen LogP contribution in [-0.4, -0.2) is 25.0 Å². The topological polar surface area (TPSA) is 55.4 Å². The minimum absolute atomic E-state index is 0.0998. The van der Waals surface area contributed by atoms with E-state index in [2.05, 4.69) is 10.1 Å². The van der Waals surface area contributed by atoms with Crippen LogP contribution in [0.1, 0.15) is 33.6 Å².